The number of amides is 2. The fourth-order valence-corrected chi connectivity index (χ4v) is 5.48. The van der Waals surface area contributed by atoms with Gasteiger partial charge in [0.25, 0.3) is 5.91 Å². The molecule has 2 amide bonds. The number of ether oxygens (including phenoxy) is 1. The minimum absolute atomic E-state index is 0.0513. The van der Waals surface area contributed by atoms with Crippen LogP contribution in [0, 0.1) is 11.8 Å². The van der Waals surface area contributed by atoms with E-state index in [0.717, 1.165) is 36.1 Å². The van der Waals surface area contributed by atoms with E-state index in [0.29, 0.717) is 41.8 Å². The summed E-state index contributed by atoms with van der Waals surface area (Å²) >= 11 is 0. The standard InChI is InChI=1S/C27H30N2O4/c1-4-32-21-10-11-23-22(15-21)25(26(33-23)17-8-6-5-7-9-17)27(31)29(3)20-12-18-14-24(30)28(2)16-19(18)13-20/h5-11,15,18-20H,4,12-14,16H2,1-3H3. The predicted molar refractivity (Wildman–Crippen MR) is 127 cm³/mol. The first-order valence-electron chi connectivity index (χ1n) is 11.7. The van der Waals surface area contributed by atoms with Crippen LogP contribution in [0.2, 0.25) is 0 Å². The largest absolute Gasteiger partial charge is 0.494 e. The topological polar surface area (TPSA) is 63.0 Å². The van der Waals surface area contributed by atoms with Gasteiger partial charge in [-0.05, 0) is 49.8 Å². The van der Waals surface area contributed by atoms with Crippen molar-refractivity contribution in [3.63, 3.8) is 0 Å². The van der Waals surface area contributed by atoms with E-state index in [1.807, 2.05) is 79.3 Å². The number of fused-ring (bicyclic) bond motifs is 2. The van der Waals surface area contributed by atoms with Crippen LogP contribution in [0.5, 0.6) is 5.75 Å². The zero-order chi connectivity index (χ0) is 23.1. The van der Waals surface area contributed by atoms with Gasteiger partial charge in [0.15, 0.2) is 0 Å². The van der Waals surface area contributed by atoms with E-state index >= 15 is 0 Å². The quantitative estimate of drug-likeness (QED) is 0.563. The maximum Gasteiger partial charge on any atom is 0.258 e. The van der Waals surface area contributed by atoms with Crippen LogP contribution in [0.15, 0.2) is 52.9 Å². The summed E-state index contributed by atoms with van der Waals surface area (Å²) in [6.07, 6.45) is 2.37. The maximum absolute atomic E-state index is 14.0. The molecule has 0 bridgehead atoms. The third-order valence-corrected chi connectivity index (χ3v) is 7.28. The Morgan fingerprint density at radius 1 is 1.15 bits per heavy atom. The lowest BCUT2D eigenvalue weighted by Gasteiger charge is -2.31. The maximum atomic E-state index is 14.0. The van der Waals surface area contributed by atoms with E-state index in [1.54, 1.807) is 0 Å². The lowest BCUT2D eigenvalue weighted by atomic mass is 9.88. The molecule has 2 fully saturated rings. The minimum Gasteiger partial charge on any atom is -0.494 e. The van der Waals surface area contributed by atoms with Crippen molar-refractivity contribution >= 4 is 22.8 Å². The Kier molecular flexibility index (Phi) is 5.60. The second kappa shape index (κ2) is 8.58. The molecule has 1 aromatic heterocycles. The summed E-state index contributed by atoms with van der Waals surface area (Å²) in [4.78, 5) is 29.8. The van der Waals surface area contributed by atoms with E-state index in [2.05, 4.69) is 0 Å². The molecule has 2 aliphatic rings. The number of hydrogen-bond acceptors (Lipinski definition) is 4. The molecular weight excluding hydrogens is 416 g/mol. The fourth-order valence-electron chi connectivity index (χ4n) is 5.48. The van der Waals surface area contributed by atoms with Gasteiger partial charge in [0, 0.05) is 44.1 Å². The summed E-state index contributed by atoms with van der Waals surface area (Å²) in [5.74, 6) is 2.27. The van der Waals surface area contributed by atoms with E-state index in [9.17, 15) is 9.59 Å². The van der Waals surface area contributed by atoms with Crippen LogP contribution in [0.3, 0.4) is 0 Å². The highest BCUT2D eigenvalue weighted by Gasteiger charge is 2.43. The molecule has 3 unspecified atom stereocenters. The Morgan fingerprint density at radius 2 is 1.91 bits per heavy atom. The Hall–Kier alpha value is -3.28. The van der Waals surface area contributed by atoms with Crippen molar-refractivity contribution in [2.45, 2.75) is 32.2 Å². The SMILES string of the molecule is CCOc1ccc2oc(-c3ccccc3)c(C(=O)N(C)C3CC4CC(=O)N(C)CC4C3)c2c1. The third-order valence-electron chi connectivity index (χ3n) is 7.28. The molecule has 0 spiro atoms. The smallest absolute Gasteiger partial charge is 0.258 e. The van der Waals surface area contributed by atoms with E-state index < -0.39 is 0 Å². The van der Waals surface area contributed by atoms with Crippen LogP contribution in [0.1, 0.15) is 36.5 Å². The number of rotatable bonds is 5. The number of furan rings is 1. The second-order valence-electron chi connectivity index (χ2n) is 9.30. The number of hydrogen-bond donors (Lipinski definition) is 0. The van der Waals surface area contributed by atoms with Crippen molar-refractivity contribution in [3.05, 3.63) is 54.1 Å². The zero-order valence-corrected chi connectivity index (χ0v) is 19.4. The van der Waals surface area contributed by atoms with Gasteiger partial charge in [0.2, 0.25) is 5.91 Å². The third kappa shape index (κ3) is 3.88. The van der Waals surface area contributed by atoms with E-state index in [1.165, 1.54) is 0 Å². The van der Waals surface area contributed by atoms with Crippen molar-refractivity contribution in [2.75, 3.05) is 27.2 Å². The molecule has 1 saturated carbocycles. The molecule has 3 aromatic rings. The van der Waals surface area contributed by atoms with Gasteiger partial charge in [-0.25, -0.2) is 0 Å². The Bertz CT molecular complexity index is 1190. The fraction of sp³-hybridized carbons (Fsp3) is 0.407. The number of nitrogens with zero attached hydrogens (tertiary/aromatic N) is 2. The summed E-state index contributed by atoms with van der Waals surface area (Å²) in [5, 5.41) is 0.766. The molecule has 1 saturated heterocycles. The average molecular weight is 447 g/mol. The molecule has 0 N–H and O–H groups in total. The van der Waals surface area contributed by atoms with Crippen molar-refractivity contribution in [1.82, 2.24) is 9.80 Å². The van der Waals surface area contributed by atoms with Crippen LogP contribution >= 0.6 is 0 Å². The Morgan fingerprint density at radius 3 is 2.67 bits per heavy atom. The van der Waals surface area contributed by atoms with Crippen LogP contribution in [0.4, 0.5) is 0 Å². The van der Waals surface area contributed by atoms with Crippen LogP contribution in [-0.4, -0.2) is 54.9 Å². The van der Waals surface area contributed by atoms with Gasteiger partial charge >= 0.3 is 0 Å². The van der Waals surface area contributed by atoms with Gasteiger partial charge in [0.05, 0.1) is 12.2 Å². The average Bonchev–Trinajstić information content (AvgIpc) is 3.40. The first-order chi connectivity index (χ1) is 16.0. The lowest BCUT2D eigenvalue weighted by molar-refractivity contribution is -0.134. The normalized spacial score (nSPS) is 22.5. The summed E-state index contributed by atoms with van der Waals surface area (Å²) < 4.78 is 11.9. The van der Waals surface area contributed by atoms with Gasteiger partial charge in [-0.3, -0.25) is 9.59 Å². The van der Waals surface area contributed by atoms with Crippen LogP contribution in [0.25, 0.3) is 22.3 Å². The Labute approximate surface area is 194 Å². The highest BCUT2D eigenvalue weighted by atomic mass is 16.5. The summed E-state index contributed by atoms with van der Waals surface area (Å²) in [6, 6.07) is 15.5. The van der Waals surface area contributed by atoms with Gasteiger partial charge in [-0.2, -0.15) is 0 Å². The van der Waals surface area contributed by atoms with Crippen molar-refractivity contribution < 1.29 is 18.7 Å². The van der Waals surface area contributed by atoms with Crippen molar-refractivity contribution in [2.24, 2.45) is 11.8 Å². The number of carbonyl (C=O) groups is 2. The van der Waals surface area contributed by atoms with Gasteiger partial charge in [-0.1, -0.05) is 30.3 Å². The first-order valence-corrected chi connectivity index (χ1v) is 11.7. The van der Waals surface area contributed by atoms with E-state index in [4.69, 9.17) is 9.15 Å². The van der Waals surface area contributed by atoms with Crippen LogP contribution in [-0.2, 0) is 4.79 Å². The number of benzene rings is 2. The molecule has 33 heavy (non-hydrogen) atoms. The van der Waals surface area contributed by atoms with Gasteiger partial charge in [0.1, 0.15) is 17.1 Å². The summed E-state index contributed by atoms with van der Waals surface area (Å²) in [5.41, 5.74) is 2.11. The van der Waals surface area contributed by atoms with E-state index in [-0.39, 0.29) is 17.9 Å². The molecule has 5 rings (SSSR count). The van der Waals surface area contributed by atoms with Gasteiger partial charge < -0.3 is 19.0 Å². The summed E-state index contributed by atoms with van der Waals surface area (Å²) in [7, 11) is 3.76. The molecule has 0 radical (unpaired) electrons. The second-order valence-corrected chi connectivity index (χ2v) is 9.30. The summed E-state index contributed by atoms with van der Waals surface area (Å²) in [6.45, 7) is 3.27. The molecule has 6 heteroatoms. The zero-order valence-electron chi connectivity index (χ0n) is 19.4. The number of likely N-dealkylation sites (tertiary alicyclic amines) is 1. The number of carbonyl (C=O) groups excluding carboxylic acids is 2. The highest BCUT2D eigenvalue weighted by Crippen LogP contribution is 2.42. The Balaban J connectivity index is 1.51. The molecule has 2 aromatic carbocycles. The van der Waals surface area contributed by atoms with Gasteiger partial charge in [-0.15, -0.1) is 0 Å². The molecule has 172 valence electrons. The van der Waals surface area contributed by atoms with Crippen LogP contribution < -0.4 is 4.74 Å². The monoisotopic (exact) mass is 446 g/mol. The van der Waals surface area contributed by atoms with Crippen molar-refractivity contribution in [3.8, 4) is 17.1 Å². The number of piperidine rings is 1. The molecule has 2 heterocycles. The predicted octanol–water partition coefficient (Wildman–Crippen LogP) is 4.83. The lowest BCUT2D eigenvalue weighted by Crippen LogP contribution is -2.39. The van der Waals surface area contributed by atoms with Crippen molar-refractivity contribution in [1.29, 1.82) is 0 Å². The minimum atomic E-state index is -0.0513. The highest BCUT2D eigenvalue weighted by molar-refractivity contribution is 6.11. The first kappa shape index (κ1) is 21.6. The molecule has 6 nitrogen and oxygen atoms in total. The molecule has 3 atom stereocenters. The molecule has 1 aliphatic heterocycles. The molecule has 1 aliphatic carbocycles. The molecular formula is C27H30N2O4.